The third-order valence-electron chi connectivity index (χ3n) is 6.18. The normalized spacial score (nSPS) is 23.7. The number of carbonyl (C=O) groups excluding carboxylic acids is 1. The molecular formula is C22H28N4O. The minimum atomic E-state index is -0.241. The molecule has 3 N–H and O–H groups in total. The summed E-state index contributed by atoms with van der Waals surface area (Å²) in [6, 6.07) is 12.7. The van der Waals surface area contributed by atoms with Crippen molar-refractivity contribution in [1.82, 2.24) is 9.88 Å². The average Bonchev–Trinajstić information content (AvgIpc) is 2.97. The van der Waals surface area contributed by atoms with Crippen molar-refractivity contribution in [2.75, 3.05) is 11.9 Å². The Kier molecular flexibility index (Phi) is 4.64. The molecule has 1 aliphatic carbocycles. The van der Waals surface area contributed by atoms with Crippen molar-refractivity contribution in [2.24, 2.45) is 5.73 Å². The van der Waals surface area contributed by atoms with Gasteiger partial charge in [-0.15, -0.1) is 0 Å². The lowest BCUT2D eigenvalue weighted by molar-refractivity contribution is 0.171. The Hall–Kier alpha value is -2.40. The van der Waals surface area contributed by atoms with Gasteiger partial charge in [-0.2, -0.15) is 0 Å². The van der Waals surface area contributed by atoms with Gasteiger partial charge in [-0.1, -0.05) is 30.3 Å². The van der Waals surface area contributed by atoms with Gasteiger partial charge >= 0.3 is 6.03 Å². The summed E-state index contributed by atoms with van der Waals surface area (Å²) in [4.78, 5) is 19.5. The molecule has 5 heteroatoms. The fraction of sp³-hybridized carbons (Fsp3) is 0.455. The maximum atomic E-state index is 13.0. The lowest BCUT2D eigenvalue weighted by Crippen LogP contribution is -2.47. The molecule has 2 aliphatic rings. The van der Waals surface area contributed by atoms with Crippen LogP contribution in [0.5, 0.6) is 0 Å². The molecule has 1 aliphatic heterocycles. The van der Waals surface area contributed by atoms with Gasteiger partial charge in [0.2, 0.25) is 0 Å². The summed E-state index contributed by atoms with van der Waals surface area (Å²) >= 11 is 0. The van der Waals surface area contributed by atoms with Crippen LogP contribution in [0.25, 0.3) is 0 Å². The molecule has 2 atom stereocenters. The largest absolute Gasteiger partial charge is 0.327 e. The molecule has 2 amide bonds. The number of likely N-dealkylation sites (tertiary alicyclic amines) is 1. The third kappa shape index (κ3) is 3.44. The molecule has 2 heterocycles. The van der Waals surface area contributed by atoms with Gasteiger partial charge in [-0.05, 0) is 56.7 Å². The number of nitrogens with zero attached hydrogens (tertiary/aromatic N) is 2. The minimum absolute atomic E-state index is 0.0553. The first-order valence-corrected chi connectivity index (χ1v) is 9.82. The zero-order valence-corrected chi connectivity index (χ0v) is 16.1. The topological polar surface area (TPSA) is 71.2 Å². The van der Waals surface area contributed by atoms with E-state index in [9.17, 15) is 4.79 Å². The predicted molar refractivity (Wildman–Crippen MR) is 108 cm³/mol. The monoisotopic (exact) mass is 364 g/mol. The fourth-order valence-electron chi connectivity index (χ4n) is 4.62. The number of fused-ring (bicyclic) bond motifs is 1. The number of anilines is 1. The van der Waals surface area contributed by atoms with E-state index in [0.29, 0.717) is 5.92 Å². The Morgan fingerprint density at radius 3 is 2.81 bits per heavy atom. The smallest absolute Gasteiger partial charge is 0.322 e. The molecule has 27 heavy (non-hydrogen) atoms. The van der Waals surface area contributed by atoms with E-state index >= 15 is 0 Å². The second-order valence-electron chi connectivity index (χ2n) is 8.32. The Labute approximate surface area is 161 Å². The average molecular weight is 364 g/mol. The Bertz CT molecular complexity index is 833. The highest BCUT2D eigenvalue weighted by Gasteiger charge is 2.44. The van der Waals surface area contributed by atoms with Crippen molar-refractivity contribution < 1.29 is 4.79 Å². The molecule has 5 nitrogen and oxygen atoms in total. The number of aryl methyl sites for hydroxylation is 1. The molecule has 0 spiro atoms. The predicted octanol–water partition coefficient (Wildman–Crippen LogP) is 3.70. The van der Waals surface area contributed by atoms with Crippen LogP contribution in [0.15, 0.2) is 42.6 Å². The number of aromatic nitrogens is 1. The van der Waals surface area contributed by atoms with Crippen LogP contribution >= 0.6 is 0 Å². The number of nitrogens with one attached hydrogen (secondary N) is 1. The maximum Gasteiger partial charge on any atom is 0.322 e. The van der Waals surface area contributed by atoms with E-state index in [0.717, 1.165) is 49.2 Å². The van der Waals surface area contributed by atoms with E-state index in [1.54, 1.807) is 6.20 Å². The fourth-order valence-corrected chi connectivity index (χ4v) is 4.62. The van der Waals surface area contributed by atoms with Gasteiger partial charge < -0.3 is 16.0 Å². The minimum Gasteiger partial charge on any atom is -0.327 e. The number of benzene rings is 1. The third-order valence-corrected chi connectivity index (χ3v) is 6.18. The van der Waals surface area contributed by atoms with Crippen molar-refractivity contribution in [2.45, 2.75) is 57.0 Å². The van der Waals surface area contributed by atoms with Crippen molar-refractivity contribution >= 4 is 11.7 Å². The van der Waals surface area contributed by atoms with Gasteiger partial charge in [0, 0.05) is 29.7 Å². The summed E-state index contributed by atoms with van der Waals surface area (Å²) in [6.45, 7) is 5.06. The molecule has 1 aromatic carbocycles. The number of urea groups is 1. The number of hydrogen-bond acceptors (Lipinski definition) is 3. The van der Waals surface area contributed by atoms with E-state index in [1.165, 1.54) is 5.56 Å². The molecule has 1 aromatic heterocycles. The molecule has 1 fully saturated rings. The molecule has 142 valence electrons. The van der Waals surface area contributed by atoms with Crippen molar-refractivity contribution in [3.63, 3.8) is 0 Å². The summed E-state index contributed by atoms with van der Waals surface area (Å²) < 4.78 is 0. The SMILES string of the molecule is CC1(C)C(c2ccccc2)CCN1C(=O)Nc1cnc2c(c1)CC(N)CC2. The van der Waals surface area contributed by atoms with Gasteiger partial charge in [0.05, 0.1) is 11.9 Å². The standard InChI is InChI=1S/C22H28N4O/c1-22(2)19(15-6-4-3-5-7-15)10-11-26(22)21(27)25-18-13-16-12-17(23)8-9-20(16)24-14-18/h3-7,13-14,17,19H,8-12,23H2,1-2H3,(H,25,27). The van der Waals surface area contributed by atoms with Crippen LogP contribution < -0.4 is 11.1 Å². The van der Waals surface area contributed by atoms with E-state index in [-0.39, 0.29) is 17.6 Å². The van der Waals surface area contributed by atoms with Crippen LogP contribution in [0.4, 0.5) is 10.5 Å². The van der Waals surface area contributed by atoms with Gasteiger partial charge in [-0.3, -0.25) is 4.98 Å². The van der Waals surface area contributed by atoms with Crippen LogP contribution in [-0.4, -0.2) is 34.0 Å². The Morgan fingerprint density at radius 2 is 2.04 bits per heavy atom. The number of amides is 2. The molecule has 4 rings (SSSR count). The van der Waals surface area contributed by atoms with Crippen LogP contribution in [0.2, 0.25) is 0 Å². The first kappa shape index (κ1) is 18.0. The summed E-state index contributed by atoms with van der Waals surface area (Å²) in [5.74, 6) is 0.337. The van der Waals surface area contributed by atoms with Crippen molar-refractivity contribution in [3.05, 3.63) is 59.4 Å². The van der Waals surface area contributed by atoms with Gasteiger partial charge in [-0.25, -0.2) is 4.79 Å². The quantitative estimate of drug-likeness (QED) is 0.853. The van der Waals surface area contributed by atoms with Crippen LogP contribution in [0.3, 0.4) is 0 Å². The highest BCUT2D eigenvalue weighted by molar-refractivity contribution is 5.90. The molecule has 0 saturated carbocycles. The van der Waals surface area contributed by atoms with Gasteiger partial charge in [0.1, 0.15) is 0 Å². The summed E-state index contributed by atoms with van der Waals surface area (Å²) in [6.07, 6.45) is 5.47. The maximum absolute atomic E-state index is 13.0. The molecule has 2 aromatic rings. The number of nitrogens with two attached hydrogens (primary N) is 1. The van der Waals surface area contributed by atoms with Crippen LogP contribution in [0, 0.1) is 0 Å². The van der Waals surface area contributed by atoms with Gasteiger partial charge in [0.15, 0.2) is 0 Å². The van der Waals surface area contributed by atoms with E-state index in [2.05, 4.69) is 48.4 Å². The number of carbonyl (C=O) groups is 1. The number of rotatable bonds is 2. The molecule has 1 saturated heterocycles. The summed E-state index contributed by atoms with van der Waals surface area (Å²) in [5, 5.41) is 3.06. The van der Waals surface area contributed by atoms with Crippen molar-refractivity contribution in [3.8, 4) is 0 Å². The zero-order valence-electron chi connectivity index (χ0n) is 16.1. The summed E-state index contributed by atoms with van der Waals surface area (Å²) in [5.41, 5.74) is 10.2. The van der Waals surface area contributed by atoms with Gasteiger partial charge in [0.25, 0.3) is 0 Å². The van der Waals surface area contributed by atoms with E-state index in [4.69, 9.17) is 5.73 Å². The van der Waals surface area contributed by atoms with Crippen LogP contribution in [0.1, 0.15) is 49.4 Å². The zero-order chi connectivity index (χ0) is 19.0. The molecule has 0 radical (unpaired) electrons. The lowest BCUT2D eigenvalue weighted by atomic mass is 9.83. The molecule has 0 bridgehead atoms. The van der Waals surface area contributed by atoms with Crippen LogP contribution in [-0.2, 0) is 12.8 Å². The summed E-state index contributed by atoms with van der Waals surface area (Å²) in [7, 11) is 0. The van der Waals surface area contributed by atoms with E-state index < -0.39 is 0 Å². The lowest BCUT2D eigenvalue weighted by Gasteiger charge is -2.36. The first-order valence-electron chi connectivity index (χ1n) is 9.82. The Morgan fingerprint density at radius 1 is 1.26 bits per heavy atom. The highest BCUT2D eigenvalue weighted by atomic mass is 16.2. The number of pyridine rings is 1. The highest BCUT2D eigenvalue weighted by Crippen LogP contribution is 2.41. The molecule has 2 unspecified atom stereocenters. The van der Waals surface area contributed by atoms with Crippen molar-refractivity contribution in [1.29, 1.82) is 0 Å². The second-order valence-corrected chi connectivity index (χ2v) is 8.32. The van der Waals surface area contributed by atoms with E-state index in [1.807, 2.05) is 17.0 Å². The number of hydrogen-bond donors (Lipinski definition) is 2. The Balaban J connectivity index is 1.50. The first-order chi connectivity index (χ1) is 12.9. The molecular weight excluding hydrogens is 336 g/mol. The second kappa shape index (κ2) is 6.97.